The molecular formula is C30H41N3O2. The molecule has 2 aromatic carbocycles. The number of nitrogens with zero attached hydrogens (tertiary/aromatic N) is 3. The fourth-order valence-electron chi connectivity index (χ4n) is 4.59. The first-order valence-electron chi connectivity index (χ1n) is 13.1. The Kier molecular flexibility index (Phi) is 10.4. The lowest BCUT2D eigenvalue weighted by atomic mass is 10.1. The number of hydrogen-bond acceptors (Lipinski definition) is 2. The van der Waals surface area contributed by atoms with E-state index >= 15 is 0 Å². The Bertz CT molecular complexity index is 1070. The van der Waals surface area contributed by atoms with Crippen molar-refractivity contribution in [1.82, 2.24) is 9.47 Å². The summed E-state index contributed by atoms with van der Waals surface area (Å²) in [6, 6.07) is 18.7. The third-order valence-corrected chi connectivity index (χ3v) is 6.68. The SMILES string of the molecule is CCCCN(C)C(=O)CCCCCCCN(C(C)=O)c1cn(Cc2ccccc2)c2ccccc12. The number of aromatic nitrogens is 1. The van der Waals surface area contributed by atoms with E-state index in [1.54, 1.807) is 6.92 Å². The van der Waals surface area contributed by atoms with Crippen LogP contribution in [0.25, 0.3) is 10.9 Å². The molecule has 0 fully saturated rings. The maximum atomic E-state index is 12.6. The zero-order valence-corrected chi connectivity index (χ0v) is 21.7. The molecule has 3 aromatic rings. The number of rotatable bonds is 14. The van der Waals surface area contributed by atoms with Crippen LogP contribution in [-0.2, 0) is 16.1 Å². The number of benzene rings is 2. The summed E-state index contributed by atoms with van der Waals surface area (Å²) in [6.45, 7) is 6.16. The maximum Gasteiger partial charge on any atom is 0.223 e. The lowest BCUT2D eigenvalue weighted by Crippen LogP contribution is -2.29. The van der Waals surface area contributed by atoms with Gasteiger partial charge in [0.1, 0.15) is 0 Å². The number of carbonyl (C=O) groups excluding carboxylic acids is 2. The third-order valence-electron chi connectivity index (χ3n) is 6.68. The molecule has 0 unspecified atom stereocenters. The molecule has 5 heteroatoms. The summed E-state index contributed by atoms with van der Waals surface area (Å²) >= 11 is 0. The molecule has 0 radical (unpaired) electrons. The summed E-state index contributed by atoms with van der Waals surface area (Å²) in [5, 5.41) is 1.12. The summed E-state index contributed by atoms with van der Waals surface area (Å²) in [5.74, 6) is 0.335. The van der Waals surface area contributed by atoms with Crippen LogP contribution in [0.2, 0.25) is 0 Å². The molecule has 0 atom stereocenters. The minimum absolute atomic E-state index is 0.0772. The Labute approximate surface area is 210 Å². The highest BCUT2D eigenvalue weighted by Crippen LogP contribution is 2.30. The van der Waals surface area contributed by atoms with Gasteiger partial charge in [0.2, 0.25) is 11.8 Å². The fraction of sp³-hybridized carbons (Fsp3) is 0.467. The smallest absolute Gasteiger partial charge is 0.223 e. The molecule has 2 amide bonds. The van der Waals surface area contributed by atoms with Gasteiger partial charge in [0, 0.05) is 51.6 Å². The highest BCUT2D eigenvalue weighted by molar-refractivity contribution is 6.02. The number of fused-ring (bicyclic) bond motifs is 1. The first kappa shape index (κ1) is 26.5. The molecule has 5 nitrogen and oxygen atoms in total. The Morgan fingerprint density at radius 1 is 0.829 bits per heavy atom. The molecule has 0 aliphatic carbocycles. The van der Waals surface area contributed by atoms with Crippen LogP contribution in [0.4, 0.5) is 5.69 Å². The fourth-order valence-corrected chi connectivity index (χ4v) is 4.59. The highest BCUT2D eigenvalue weighted by atomic mass is 16.2. The third kappa shape index (κ3) is 7.71. The number of carbonyl (C=O) groups is 2. The zero-order chi connectivity index (χ0) is 25.0. The summed E-state index contributed by atoms with van der Waals surface area (Å²) in [7, 11) is 1.91. The van der Waals surface area contributed by atoms with E-state index in [1.165, 1.54) is 5.56 Å². The Morgan fingerprint density at radius 3 is 2.26 bits per heavy atom. The topological polar surface area (TPSA) is 45.6 Å². The van der Waals surface area contributed by atoms with Gasteiger partial charge in [-0.05, 0) is 30.9 Å². The van der Waals surface area contributed by atoms with E-state index in [9.17, 15) is 9.59 Å². The van der Waals surface area contributed by atoms with Gasteiger partial charge in [-0.25, -0.2) is 0 Å². The zero-order valence-electron chi connectivity index (χ0n) is 21.7. The molecule has 0 saturated heterocycles. The second kappa shape index (κ2) is 13.7. The van der Waals surface area contributed by atoms with Crippen LogP contribution in [-0.4, -0.2) is 41.4 Å². The quantitative estimate of drug-likeness (QED) is 0.245. The van der Waals surface area contributed by atoms with Crippen molar-refractivity contribution >= 4 is 28.4 Å². The molecule has 188 valence electrons. The monoisotopic (exact) mass is 475 g/mol. The van der Waals surface area contributed by atoms with Crippen molar-refractivity contribution in [2.24, 2.45) is 0 Å². The standard InChI is InChI=1S/C30H41N3O2/c1-4-5-21-31(3)30(35)20-12-7-6-8-15-22-33(25(2)34)29-24-32(23-26-16-10-9-11-17-26)28-19-14-13-18-27(28)29/h9-11,13-14,16-19,24H,4-8,12,15,20-23H2,1-3H3. The molecule has 0 saturated carbocycles. The van der Waals surface area contributed by atoms with Crippen molar-refractivity contribution in [3.63, 3.8) is 0 Å². The van der Waals surface area contributed by atoms with Crippen molar-refractivity contribution in [2.75, 3.05) is 25.0 Å². The first-order valence-corrected chi connectivity index (χ1v) is 13.1. The van der Waals surface area contributed by atoms with Crippen LogP contribution in [0.1, 0.15) is 70.8 Å². The lowest BCUT2D eigenvalue weighted by molar-refractivity contribution is -0.130. The van der Waals surface area contributed by atoms with Crippen LogP contribution < -0.4 is 4.90 Å². The van der Waals surface area contributed by atoms with Crippen molar-refractivity contribution in [3.8, 4) is 0 Å². The molecule has 35 heavy (non-hydrogen) atoms. The van der Waals surface area contributed by atoms with E-state index in [0.717, 1.165) is 74.6 Å². The Morgan fingerprint density at radius 2 is 1.51 bits per heavy atom. The maximum absolute atomic E-state index is 12.6. The summed E-state index contributed by atoms with van der Waals surface area (Å²) in [6.07, 6.45) is 10.1. The molecule has 0 spiro atoms. The van der Waals surface area contributed by atoms with Gasteiger partial charge in [-0.1, -0.05) is 81.1 Å². The number of para-hydroxylation sites is 1. The summed E-state index contributed by atoms with van der Waals surface area (Å²) in [5.41, 5.74) is 3.38. The summed E-state index contributed by atoms with van der Waals surface area (Å²) < 4.78 is 2.24. The lowest BCUT2D eigenvalue weighted by Gasteiger charge is -2.20. The van der Waals surface area contributed by atoms with E-state index in [-0.39, 0.29) is 11.8 Å². The van der Waals surface area contributed by atoms with Crippen LogP contribution in [0.15, 0.2) is 60.8 Å². The Balaban J connectivity index is 1.53. The predicted molar refractivity (Wildman–Crippen MR) is 146 cm³/mol. The minimum Gasteiger partial charge on any atom is -0.346 e. The van der Waals surface area contributed by atoms with Gasteiger partial charge in [-0.15, -0.1) is 0 Å². The minimum atomic E-state index is 0.0772. The molecule has 1 heterocycles. The van der Waals surface area contributed by atoms with Gasteiger partial charge in [0.05, 0.1) is 11.2 Å². The second-order valence-corrected chi connectivity index (χ2v) is 9.50. The Hall–Kier alpha value is -3.08. The first-order chi connectivity index (χ1) is 17.0. The van der Waals surface area contributed by atoms with Crippen molar-refractivity contribution in [3.05, 3.63) is 66.4 Å². The number of amides is 2. The van der Waals surface area contributed by atoms with E-state index in [0.29, 0.717) is 13.0 Å². The molecule has 0 aliphatic heterocycles. The van der Waals surface area contributed by atoms with Crippen LogP contribution >= 0.6 is 0 Å². The second-order valence-electron chi connectivity index (χ2n) is 9.50. The normalized spacial score (nSPS) is 11.1. The van der Waals surface area contributed by atoms with E-state index in [2.05, 4.69) is 60.2 Å². The molecule has 0 N–H and O–H groups in total. The van der Waals surface area contributed by atoms with Crippen LogP contribution in [0.5, 0.6) is 0 Å². The number of anilines is 1. The molecule has 0 aliphatic rings. The number of hydrogen-bond donors (Lipinski definition) is 0. The van der Waals surface area contributed by atoms with Gasteiger partial charge in [0.25, 0.3) is 0 Å². The van der Waals surface area contributed by atoms with Crippen molar-refractivity contribution in [2.45, 2.75) is 71.8 Å². The van der Waals surface area contributed by atoms with E-state index < -0.39 is 0 Å². The predicted octanol–water partition coefficient (Wildman–Crippen LogP) is 6.64. The average molecular weight is 476 g/mol. The molecule has 0 bridgehead atoms. The highest BCUT2D eigenvalue weighted by Gasteiger charge is 2.18. The van der Waals surface area contributed by atoms with E-state index in [1.807, 2.05) is 29.0 Å². The van der Waals surface area contributed by atoms with Crippen molar-refractivity contribution in [1.29, 1.82) is 0 Å². The molecular weight excluding hydrogens is 434 g/mol. The van der Waals surface area contributed by atoms with Gasteiger partial charge in [0.15, 0.2) is 0 Å². The van der Waals surface area contributed by atoms with Crippen LogP contribution in [0, 0.1) is 0 Å². The molecule has 3 rings (SSSR count). The van der Waals surface area contributed by atoms with Gasteiger partial charge >= 0.3 is 0 Å². The van der Waals surface area contributed by atoms with Gasteiger partial charge < -0.3 is 14.4 Å². The van der Waals surface area contributed by atoms with E-state index in [4.69, 9.17) is 0 Å². The van der Waals surface area contributed by atoms with Gasteiger partial charge in [-0.3, -0.25) is 9.59 Å². The largest absolute Gasteiger partial charge is 0.346 e. The number of unbranched alkanes of at least 4 members (excludes halogenated alkanes) is 5. The van der Waals surface area contributed by atoms with Crippen LogP contribution in [0.3, 0.4) is 0 Å². The average Bonchev–Trinajstić information content (AvgIpc) is 3.22. The summed E-state index contributed by atoms with van der Waals surface area (Å²) in [4.78, 5) is 28.6. The van der Waals surface area contributed by atoms with Gasteiger partial charge in [-0.2, -0.15) is 0 Å². The molecule has 1 aromatic heterocycles. The van der Waals surface area contributed by atoms with Crippen molar-refractivity contribution < 1.29 is 9.59 Å².